The highest BCUT2D eigenvalue weighted by Gasteiger charge is 2.39. The van der Waals surface area contributed by atoms with Gasteiger partial charge in [0.15, 0.2) is 0 Å². The molecule has 174 valence electrons. The van der Waals surface area contributed by atoms with Gasteiger partial charge >= 0.3 is 0 Å². The summed E-state index contributed by atoms with van der Waals surface area (Å²) in [4.78, 5) is 13.8. The van der Waals surface area contributed by atoms with Gasteiger partial charge in [-0.05, 0) is 36.7 Å². The first-order valence-electron chi connectivity index (χ1n) is 11.7. The minimum atomic E-state index is 0.461. The van der Waals surface area contributed by atoms with E-state index < -0.39 is 0 Å². The zero-order valence-electron chi connectivity index (χ0n) is 18.6. The van der Waals surface area contributed by atoms with E-state index in [1.807, 2.05) is 18.2 Å². The van der Waals surface area contributed by atoms with E-state index in [1.165, 1.54) is 31.2 Å². The van der Waals surface area contributed by atoms with Gasteiger partial charge in [-0.1, -0.05) is 36.8 Å². The van der Waals surface area contributed by atoms with Gasteiger partial charge in [-0.3, -0.25) is 0 Å². The molecule has 2 saturated carbocycles. The summed E-state index contributed by atoms with van der Waals surface area (Å²) in [6.45, 7) is 3.98. The Morgan fingerprint density at radius 1 is 0.844 bits per heavy atom. The molecule has 1 aromatic carbocycles. The van der Waals surface area contributed by atoms with E-state index in [0.717, 1.165) is 11.8 Å². The highest BCUT2D eigenvalue weighted by molar-refractivity contribution is 5.43. The molecule has 5 N–H and O–H groups in total. The third-order valence-corrected chi connectivity index (χ3v) is 6.15. The molecule has 9 heteroatoms. The maximum Gasteiger partial charge on any atom is 0.229 e. The molecule has 3 atom stereocenters. The summed E-state index contributed by atoms with van der Waals surface area (Å²) < 4.78 is 10.9. The first-order chi connectivity index (χ1) is 15.8. The van der Waals surface area contributed by atoms with Crippen LogP contribution in [-0.4, -0.2) is 60.5 Å². The molecule has 0 amide bonds. The lowest BCUT2D eigenvalue weighted by Crippen LogP contribution is -2.27. The van der Waals surface area contributed by atoms with Crippen LogP contribution in [0.5, 0.6) is 0 Å². The Morgan fingerprint density at radius 2 is 1.59 bits per heavy atom. The number of hydrogen-bond donors (Lipinski definition) is 4. The Kier molecular flexibility index (Phi) is 8.47. The number of benzene rings is 1. The van der Waals surface area contributed by atoms with Gasteiger partial charge in [0.1, 0.15) is 0 Å². The first-order valence-corrected chi connectivity index (χ1v) is 11.7. The second-order valence-electron chi connectivity index (χ2n) is 8.51. The topological polar surface area (TPSA) is 119 Å². The number of fused-ring (bicyclic) bond motifs is 2. The molecule has 0 aliphatic heterocycles. The van der Waals surface area contributed by atoms with Gasteiger partial charge in [0, 0.05) is 25.7 Å². The number of nitrogens with two attached hydrogens (primary N) is 1. The van der Waals surface area contributed by atoms with Crippen molar-refractivity contribution in [2.75, 3.05) is 55.5 Å². The fourth-order valence-corrected chi connectivity index (χ4v) is 4.60. The predicted molar refractivity (Wildman–Crippen MR) is 126 cm³/mol. The molecule has 9 nitrogen and oxygen atoms in total. The number of anilines is 3. The van der Waals surface area contributed by atoms with Crippen molar-refractivity contribution in [3.8, 4) is 0 Å². The molecular formula is C23H35N7O2. The average molecular weight is 442 g/mol. The van der Waals surface area contributed by atoms with Crippen molar-refractivity contribution in [1.82, 2.24) is 15.0 Å². The minimum Gasteiger partial charge on any atom is -0.378 e. The first kappa shape index (κ1) is 22.7. The Morgan fingerprint density at radius 3 is 2.31 bits per heavy atom. The van der Waals surface area contributed by atoms with Gasteiger partial charge in [0.05, 0.1) is 26.4 Å². The lowest BCUT2D eigenvalue weighted by atomic mass is 9.95. The van der Waals surface area contributed by atoms with Gasteiger partial charge in [0.25, 0.3) is 0 Å². The molecule has 1 aromatic heterocycles. The molecule has 4 rings (SSSR count). The summed E-state index contributed by atoms with van der Waals surface area (Å²) in [6, 6.07) is 10.7. The monoisotopic (exact) mass is 441 g/mol. The van der Waals surface area contributed by atoms with Crippen molar-refractivity contribution in [2.24, 2.45) is 17.6 Å². The van der Waals surface area contributed by atoms with Crippen molar-refractivity contribution >= 4 is 17.8 Å². The van der Waals surface area contributed by atoms with Gasteiger partial charge in [-0.2, -0.15) is 15.0 Å². The third-order valence-electron chi connectivity index (χ3n) is 6.15. The Balaban J connectivity index is 1.32. The van der Waals surface area contributed by atoms with E-state index in [4.69, 9.17) is 15.2 Å². The molecule has 0 saturated heterocycles. The minimum absolute atomic E-state index is 0.461. The van der Waals surface area contributed by atoms with E-state index in [9.17, 15) is 0 Å². The average Bonchev–Trinajstić information content (AvgIpc) is 3.43. The summed E-state index contributed by atoms with van der Waals surface area (Å²) in [6.07, 6.45) is 5.23. The lowest BCUT2D eigenvalue weighted by Gasteiger charge is -2.23. The largest absolute Gasteiger partial charge is 0.378 e. The molecule has 0 spiro atoms. The van der Waals surface area contributed by atoms with E-state index >= 15 is 0 Å². The maximum atomic E-state index is 5.58. The van der Waals surface area contributed by atoms with E-state index in [0.29, 0.717) is 69.9 Å². The van der Waals surface area contributed by atoms with Crippen LogP contribution in [0.25, 0.3) is 0 Å². The standard InChI is InChI=1S/C23H35N7O2/c24-8-10-31-12-13-32-11-9-25-21-28-22(26-16-17-4-2-1-3-5-17)30-23(29-21)27-20-15-18-6-7-19(20)14-18/h1-5,18-20H,6-16,24H2,(H3,25,26,27,28,29,30). The number of nitrogens with one attached hydrogen (secondary N) is 3. The quantitative estimate of drug-likeness (QED) is 0.328. The van der Waals surface area contributed by atoms with Gasteiger partial charge in [-0.25, -0.2) is 0 Å². The highest BCUT2D eigenvalue weighted by Crippen LogP contribution is 2.45. The second kappa shape index (κ2) is 11.9. The fraction of sp³-hybridized carbons (Fsp3) is 0.609. The van der Waals surface area contributed by atoms with Crippen LogP contribution in [0.1, 0.15) is 31.2 Å². The Bertz CT molecular complexity index is 823. The summed E-state index contributed by atoms with van der Waals surface area (Å²) >= 11 is 0. The fourth-order valence-electron chi connectivity index (χ4n) is 4.60. The number of aromatic nitrogens is 3. The number of ether oxygens (including phenoxy) is 2. The molecule has 2 aromatic rings. The van der Waals surface area contributed by atoms with Crippen molar-refractivity contribution < 1.29 is 9.47 Å². The van der Waals surface area contributed by atoms with Crippen LogP contribution < -0.4 is 21.7 Å². The molecular weight excluding hydrogens is 406 g/mol. The van der Waals surface area contributed by atoms with Crippen molar-refractivity contribution in [2.45, 2.75) is 38.3 Å². The third kappa shape index (κ3) is 6.75. The van der Waals surface area contributed by atoms with Crippen LogP contribution >= 0.6 is 0 Å². The van der Waals surface area contributed by atoms with Crippen molar-refractivity contribution in [1.29, 1.82) is 0 Å². The lowest BCUT2D eigenvalue weighted by molar-refractivity contribution is 0.0547. The summed E-state index contributed by atoms with van der Waals surface area (Å²) in [5.74, 6) is 3.34. The molecule has 2 fully saturated rings. The molecule has 32 heavy (non-hydrogen) atoms. The SMILES string of the molecule is NCCOCCOCCNc1nc(NCc2ccccc2)nc(NC2CC3CCC2C3)n1. The van der Waals surface area contributed by atoms with Crippen molar-refractivity contribution in [3.63, 3.8) is 0 Å². The second-order valence-corrected chi connectivity index (χ2v) is 8.51. The number of rotatable bonds is 14. The van der Waals surface area contributed by atoms with Crippen LogP contribution in [0.3, 0.4) is 0 Å². The molecule has 2 bridgehead atoms. The Hall–Kier alpha value is -2.49. The predicted octanol–water partition coefficient (Wildman–Crippen LogP) is 2.49. The smallest absolute Gasteiger partial charge is 0.229 e. The van der Waals surface area contributed by atoms with Crippen molar-refractivity contribution in [3.05, 3.63) is 35.9 Å². The Labute approximate surface area is 189 Å². The number of nitrogens with zero attached hydrogens (tertiary/aromatic N) is 3. The van der Waals surface area contributed by atoms with Crippen LogP contribution in [0.2, 0.25) is 0 Å². The van der Waals surface area contributed by atoms with Gasteiger partial charge in [-0.15, -0.1) is 0 Å². The highest BCUT2D eigenvalue weighted by atomic mass is 16.5. The molecule has 0 radical (unpaired) electrons. The summed E-state index contributed by atoms with van der Waals surface area (Å²) in [5.41, 5.74) is 6.57. The van der Waals surface area contributed by atoms with E-state index in [1.54, 1.807) is 0 Å². The molecule has 3 unspecified atom stereocenters. The summed E-state index contributed by atoms with van der Waals surface area (Å²) in [7, 11) is 0. The van der Waals surface area contributed by atoms with Gasteiger partial charge in [0.2, 0.25) is 17.8 Å². The molecule has 1 heterocycles. The van der Waals surface area contributed by atoms with Crippen LogP contribution in [0, 0.1) is 11.8 Å². The zero-order valence-corrected chi connectivity index (χ0v) is 18.6. The van der Waals surface area contributed by atoms with Gasteiger partial charge < -0.3 is 31.2 Å². The van der Waals surface area contributed by atoms with Crippen LogP contribution in [0.4, 0.5) is 17.8 Å². The summed E-state index contributed by atoms with van der Waals surface area (Å²) in [5, 5.41) is 10.2. The number of hydrogen-bond acceptors (Lipinski definition) is 9. The van der Waals surface area contributed by atoms with Crippen LogP contribution in [-0.2, 0) is 16.0 Å². The van der Waals surface area contributed by atoms with E-state index in [-0.39, 0.29) is 0 Å². The van der Waals surface area contributed by atoms with Crippen LogP contribution in [0.15, 0.2) is 30.3 Å². The molecule has 2 aliphatic rings. The molecule has 2 aliphatic carbocycles. The normalized spacial score (nSPS) is 21.6. The van der Waals surface area contributed by atoms with E-state index in [2.05, 4.69) is 43.0 Å². The zero-order chi connectivity index (χ0) is 22.0. The maximum absolute atomic E-state index is 5.58.